The molecule has 0 bridgehead atoms. The maximum atomic E-state index is 12.9. The van der Waals surface area contributed by atoms with Crippen LogP contribution in [-0.2, 0) is 0 Å². The van der Waals surface area contributed by atoms with Gasteiger partial charge in [0.2, 0.25) is 0 Å². The predicted molar refractivity (Wildman–Crippen MR) is 91.7 cm³/mol. The monoisotopic (exact) mass is 337 g/mol. The zero-order valence-electron chi connectivity index (χ0n) is 14.0. The summed E-state index contributed by atoms with van der Waals surface area (Å²) in [5.74, 6) is 1.54. The highest BCUT2D eigenvalue weighted by Crippen LogP contribution is 2.28. The molecule has 1 amide bonds. The van der Waals surface area contributed by atoms with E-state index in [1.807, 2.05) is 29.2 Å². The SMILES string of the molecule is COc1cccc(C(=O)N2CCC[C@H](c3ccnc4ncnn34)C2)c1. The lowest BCUT2D eigenvalue weighted by atomic mass is 9.94. The van der Waals surface area contributed by atoms with Gasteiger partial charge >= 0.3 is 0 Å². The van der Waals surface area contributed by atoms with Gasteiger partial charge in [-0.25, -0.2) is 9.50 Å². The Morgan fingerprint density at radius 2 is 2.20 bits per heavy atom. The van der Waals surface area contributed by atoms with Gasteiger partial charge in [-0.1, -0.05) is 6.07 Å². The molecule has 1 saturated heterocycles. The number of hydrogen-bond acceptors (Lipinski definition) is 5. The average molecular weight is 337 g/mol. The molecule has 2 aromatic heterocycles. The molecule has 1 fully saturated rings. The largest absolute Gasteiger partial charge is 0.497 e. The van der Waals surface area contributed by atoms with Crippen molar-refractivity contribution in [2.45, 2.75) is 18.8 Å². The molecule has 0 unspecified atom stereocenters. The third kappa shape index (κ3) is 2.93. The highest BCUT2D eigenvalue weighted by Gasteiger charge is 2.27. The molecule has 7 heteroatoms. The number of hydrogen-bond donors (Lipinski definition) is 0. The number of carbonyl (C=O) groups is 1. The van der Waals surface area contributed by atoms with Crippen LogP contribution in [-0.4, -0.2) is 50.6 Å². The van der Waals surface area contributed by atoms with E-state index in [4.69, 9.17) is 4.74 Å². The van der Waals surface area contributed by atoms with Crippen molar-refractivity contribution in [2.75, 3.05) is 20.2 Å². The number of nitrogens with zero attached hydrogens (tertiary/aromatic N) is 5. The molecule has 1 aliphatic heterocycles. The Labute approximate surface area is 145 Å². The molecule has 128 valence electrons. The summed E-state index contributed by atoms with van der Waals surface area (Å²) in [5.41, 5.74) is 1.70. The Hall–Kier alpha value is -2.96. The van der Waals surface area contributed by atoms with E-state index in [0.29, 0.717) is 23.6 Å². The van der Waals surface area contributed by atoms with Crippen molar-refractivity contribution < 1.29 is 9.53 Å². The van der Waals surface area contributed by atoms with Crippen LogP contribution in [0, 0.1) is 0 Å². The highest BCUT2D eigenvalue weighted by atomic mass is 16.5. The molecule has 3 heterocycles. The second-order valence-corrected chi connectivity index (χ2v) is 6.16. The fraction of sp³-hybridized carbons (Fsp3) is 0.333. The first-order valence-electron chi connectivity index (χ1n) is 8.34. The molecule has 0 radical (unpaired) electrons. The number of carbonyl (C=O) groups excluding carboxylic acids is 1. The van der Waals surface area contributed by atoms with Crippen LogP contribution >= 0.6 is 0 Å². The fourth-order valence-electron chi connectivity index (χ4n) is 3.41. The van der Waals surface area contributed by atoms with E-state index in [1.54, 1.807) is 23.9 Å². The number of benzene rings is 1. The molecule has 3 aromatic rings. The van der Waals surface area contributed by atoms with Gasteiger partial charge in [0.1, 0.15) is 12.1 Å². The van der Waals surface area contributed by atoms with Crippen LogP contribution in [0.15, 0.2) is 42.9 Å². The number of rotatable bonds is 3. The van der Waals surface area contributed by atoms with E-state index in [2.05, 4.69) is 15.1 Å². The van der Waals surface area contributed by atoms with E-state index in [0.717, 1.165) is 25.1 Å². The summed E-state index contributed by atoms with van der Waals surface area (Å²) < 4.78 is 6.99. The molecule has 25 heavy (non-hydrogen) atoms. The fourth-order valence-corrected chi connectivity index (χ4v) is 3.41. The Balaban J connectivity index is 1.58. The van der Waals surface area contributed by atoms with Crippen LogP contribution in [0.1, 0.15) is 34.8 Å². The van der Waals surface area contributed by atoms with Gasteiger partial charge in [-0.3, -0.25) is 4.79 Å². The number of piperidine rings is 1. The summed E-state index contributed by atoms with van der Waals surface area (Å²) in [6, 6.07) is 9.26. The Kier molecular flexibility index (Phi) is 4.05. The van der Waals surface area contributed by atoms with Crippen LogP contribution in [0.5, 0.6) is 5.75 Å². The minimum absolute atomic E-state index is 0.0347. The molecule has 0 aliphatic carbocycles. The van der Waals surface area contributed by atoms with E-state index < -0.39 is 0 Å². The lowest BCUT2D eigenvalue weighted by Crippen LogP contribution is -2.39. The van der Waals surface area contributed by atoms with Crippen LogP contribution in [0.2, 0.25) is 0 Å². The number of amides is 1. The van der Waals surface area contributed by atoms with Crippen LogP contribution in [0.3, 0.4) is 0 Å². The molecule has 1 atom stereocenters. The van der Waals surface area contributed by atoms with Crippen molar-refractivity contribution in [2.24, 2.45) is 0 Å². The number of methoxy groups -OCH3 is 1. The van der Waals surface area contributed by atoms with Gasteiger partial charge in [0.15, 0.2) is 0 Å². The van der Waals surface area contributed by atoms with E-state index in [1.165, 1.54) is 6.33 Å². The standard InChI is InChI=1S/C18H19N5O2/c1-25-15-6-2-4-13(10-15)17(24)22-9-3-5-14(11-22)16-7-8-19-18-20-12-21-23(16)18/h2,4,6-8,10,12,14H,3,5,9,11H2,1H3/t14-/m0/s1. The Morgan fingerprint density at radius 3 is 3.08 bits per heavy atom. The first-order chi connectivity index (χ1) is 12.3. The van der Waals surface area contributed by atoms with Crippen LogP contribution in [0.4, 0.5) is 0 Å². The first-order valence-corrected chi connectivity index (χ1v) is 8.34. The van der Waals surface area contributed by atoms with E-state index in [9.17, 15) is 4.79 Å². The molecule has 1 aliphatic rings. The van der Waals surface area contributed by atoms with E-state index in [-0.39, 0.29) is 11.8 Å². The maximum absolute atomic E-state index is 12.9. The van der Waals surface area contributed by atoms with Gasteiger partial charge in [0, 0.05) is 30.8 Å². The molecule has 0 saturated carbocycles. The zero-order chi connectivity index (χ0) is 17.2. The van der Waals surface area contributed by atoms with Crippen molar-refractivity contribution in [3.63, 3.8) is 0 Å². The van der Waals surface area contributed by atoms with Gasteiger partial charge in [0.25, 0.3) is 11.7 Å². The van der Waals surface area contributed by atoms with Crippen molar-refractivity contribution in [1.82, 2.24) is 24.5 Å². The molecule has 1 aromatic carbocycles. The first kappa shape index (κ1) is 15.6. The summed E-state index contributed by atoms with van der Waals surface area (Å²) in [6.07, 6.45) is 5.23. The average Bonchev–Trinajstić information content (AvgIpc) is 3.16. The topological polar surface area (TPSA) is 72.6 Å². The highest BCUT2D eigenvalue weighted by molar-refractivity contribution is 5.94. The number of ether oxygens (including phenoxy) is 1. The molecule has 7 nitrogen and oxygen atoms in total. The Bertz CT molecular complexity index is 907. The lowest BCUT2D eigenvalue weighted by Gasteiger charge is -2.33. The van der Waals surface area contributed by atoms with Gasteiger partial charge < -0.3 is 9.64 Å². The predicted octanol–water partition coefficient (Wildman–Crippen LogP) is 2.15. The summed E-state index contributed by atoms with van der Waals surface area (Å²) in [6.45, 7) is 1.42. The molecule has 4 rings (SSSR count). The summed E-state index contributed by atoms with van der Waals surface area (Å²) in [7, 11) is 1.60. The second kappa shape index (κ2) is 6.51. The minimum Gasteiger partial charge on any atom is -0.497 e. The normalized spacial score (nSPS) is 17.6. The third-order valence-corrected chi connectivity index (χ3v) is 4.65. The summed E-state index contributed by atoms with van der Waals surface area (Å²) >= 11 is 0. The number of fused-ring (bicyclic) bond motifs is 1. The minimum atomic E-state index is 0.0347. The molecule has 0 N–H and O–H groups in total. The summed E-state index contributed by atoms with van der Waals surface area (Å²) in [4.78, 5) is 23.1. The quantitative estimate of drug-likeness (QED) is 0.732. The second-order valence-electron chi connectivity index (χ2n) is 6.16. The van der Waals surface area contributed by atoms with Crippen molar-refractivity contribution >= 4 is 11.7 Å². The van der Waals surface area contributed by atoms with Crippen molar-refractivity contribution in [1.29, 1.82) is 0 Å². The van der Waals surface area contributed by atoms with Gasteiger partial charge in [-0.2, -0.15) is 10.1 Å². The Morgan fingerprint density at radius 1 is 1.28 bits per heavy atom. The molecular weight excluding hydrogens is 318 g/mol. The zero-order valence-corrected chi connectivity index (χ0v) is 14.0. The molecule has 0 spiro atoms. The van der Waals surface area contributed by atoms with E-state index >= 15 is 0 Å². The van der Waals surface area contributed by atoms with Crippen molar-refractivity contribution in [3.8, 4) is 5.75 Å². The summed E-state index contributed by atoms with van der Waals surface area (Å²) in [5, 5.41) is 4.27. The smallest absolute Gasteiger partial charge is 0.254 e. The van der Waals surface area contributed by atoms with Crippen LogP contribution in [0.25, 0.3) is 5.78 Å². The third-order valence-electron chi connectivity index (χ3n) is 4.65. The molecular formula is C18H19N5O2. The van der Waals surface area contributed by atoms with Gasteiger partial charge in [-0.05, 0) is 37.1 Å². The number of likely N-dealkylation sites (tertiary alicyclic amines) is 1. The number of aromatic nitrogens is 4. The van der Waals surface area contributed by atoms with Crippen LogP contribution < -0.4 is 4.74 Å². The van der Waals surface area contributed by atoms with Gasteiger partial charge in [0.05, 0.1) is 12.8 Å². The lowest BCUT2D eigenvalue weighted by molar-refractivity contribution is 0.0705. The van der Waals surface area contributed by atoms with Gasteiger partial charge in [-0.15, -0.1) is 0 Å². The van der Waals surface area contributed by atoms with Crippen molar-refractivity contribution in [3.05, 3.63) is 54.1 Å². The maximum Gasteiger partial charge on any atom is 0.254 e.